The number of amides is 4. The van der Waals surface area contributed by atoms with Gasteiger partial charge in [-0.2, -0.15) is 0 Å². The summed E-state index contributed by atoms with van der Waals surface area (Å²) in [7, 11) is 0. The second-order valence-electron chi connectivity index (χ2n) is 7.35. The average molecular weight is 370 g/mol. The van der Waals surface area contributed by atoms with Crippen LogP contribution < -0.4 is 16.4 Å². The summed E-state index contributed by atoms with van der Waals surface area (Å²) >= 11 is 0. The molecule has 3 atom stereocenters. The Hall–Kier alpha value is -2.58. The number of piperidine rings is 1. The number of imide groups is 2. The first-order chi connectivity index (χ1) is 13.0. The fourth-order valence-electron chi connectivity index (χ4n) is 4.09. The number of fused-ring (bicyclic) bond motifs is 1. The van der Waals surface area contributed by atoms with Crippen LogP contribution in [0.2, 0.25) is 0 Å². The minimum Gasteiger partial charge on any atom is -0.330 e. The highest BCUT2D eigenvalue weighted by Gasteiger charge is 2.45. The lowest BCUT2D eigenvalue weighted by molar-refractivity contribution is -0.136. The molecular weight excluding hydrogens is 348 g/mol. The number of nitrogens with zero attached hydrogens (tertiary/aromatic N) is 1. The van der Waals surface area contributed by atoms with Crippen molar-refractivity contribution in [3.8, 4) is 0 Å². The van der Waals surface area contributed by atoms with Crippen molar-refractivity contribution in [1.82, 2.24) is 15.5 Å². The zero-order chi connectivity index (χ0) is 19.1. The number of benzene rings is 1. The highest BCUT2D eigenvalue weighted by molar-refractivity contribution is 6.24. The molecule has 4 amide bonds. The van der Waals surface area contributed by atoms with E-state index in [4.69, 9.17) is 5.73 Å². The highest BCUT2D eigenvalue weighted by atomic mass is 16.2. The van der Waals surface area contributed by atoms with Crippen LogP contribution in [0.3, 0.4) is 0 Å². The van der Waals surface area contributed by atoms with Gasteiger partial charge in [-0.25, -0.2) is 0 Å². The predicted molar refractivity (Wildman–Crippen MR) is 95.5 cm³/mol. The van der Waals surface area contributed by atoms with Crippen LogP contribution in [0.5, 0.6) is 0 Å². The Morgan fingerprint density at radius 3 is 2.59 bits per heavy atom. The van der Waals surface area contributed by atoms with Crippen LogP contribution in [0.4, 0.5) is 0 Å². The van der Waals surface area contributed by atoms with Crippen molar-refractivity contribution in [2.45, 2.75) is 44.3 Å². The second-order valence-corrected chi connectivity index (χ2v) is 7.35. The molecule has 0 spiro atoms. The van der Waals surface area contributed by atoms with Crippen molar-refractivity contribution >= 4 is 23.6 Å². The van der Waals surface area contributed by atoms with Crippen molar-refractivity contribution in [3.05, 3.63) is 34.9 Å². The third kappa shape index (κ3) is 2.94. The van der Waals surface area contributed by atoms with E-state index in [1.165, 1.54) is 0 Å². The normalized spacial score (nSPS) is 27.4. The van der Waals surface area contributed by atoms with E-state index in [1.807, 2.05) is 6.07 Å². The number of hydrogen-bond donors (Lipinski definition) is 3. The Labute approximate surface area is 156 Å². The zero-order valence-electron chi connectivity index (χ0n) is 14.9. The summed E-state index contributed by atoms with van der Waals surface area (Å²) in [6.45, 7) is 1.10. The molecule has 27 heavy (non-hydrogen) atoms. The molecule has 2 aliphatic heterocycles. The summed E-state index contributed by atoms with van der Waals surface area (Å²) in [5.41, 5.74) is 7.14. The Morgan fingerprint density at radius 1 is 1.11 bits per heavy atom. The van der Waals surface area contributed by atoms with E-state index in [1.54, 1.807) is 12.1 Å². The molecule has 1 unspecified atom stereocenters. The minimum atomic E-state index is -0.941. The molecule has 0 radical (unpaired) electrons. The van der Waals surface area contributed by atoms with Crippen molar-refractivity contribution < 1.29 is 19.2 Å². The molecule has 1 saturated heterocycles. The molecule has 0 bridgehead atoms. The Morgan fingerprint density at radius 2 is 1.93 bits per heavy atom. The lowest BCUT2D eigenvalue weighted by atomic mass is 9.79. The molecule has 8 nitrogen and oxygen atoms in total. The van der Waals surface area contributed by atoms with Gasteiger partial charge in [0.05, 0.1) is 11.1 Å². The van der Waals surface area contributed by atoms with Crippen LogP contribution in [-0.2, 0) is 16.1 Å². The number of carbonyl (C=O) groups excluding carboxylic acids is 4. The van der Waals surface area contributed by atoms with E-state index in [0.717, 1.165) is 23.3 Å². The van der Waals surface area contributed by atoms with E-state index in [-0.39, 0.29) is 18.7 Å². The van der Waals surface area contributed by atoms with Crippen molar-refractivity contribution in [1.29, 1.82) is 0 Å². The summed E-state index contributed by atoms with van der Waals surface area (Å²) in [6.07, 6.45) is 2.41. The van der Waals surface area contributed by atoms with Gasteiger partial charge in [-0.05, 0) is 43.4 Å². The van der Waals surface area contributed by atoms with Gasteiger partial charge in [0.2, 0.25) is 11.8 Å². The van der Waals surface area contributed by atoms with Crippen LogP contribution in [-0.4, -0.2) is 47.2 Å². The molecule has 8 heteroatoms. The van der Waals surface area contributed by atoms with Crippen molar-refractivity contribution in [2.75, 3.05) is 6.54 Å². The van der Waals surface area contributed by atoms with Gasteiger partial charge in [0.25, 0.3) is 11.8 Å². The number of nitrogens with one attached hydrogen (secondary N) is 2. The van der Waals surface area contributed by atoms with Crippen LogP contribution in [0, 0.1) is 5.92 Å². The van der Waals surface area contributed by atoms with Gasteiger partial charge < -0.3 is 11.1 Å². The molecule has 2 fully saturated rings. The summed E-state index contributed by atoms with van der Waals surface area (Å²) in [5.74, 6) is -1.48. The van der Waals surface area contributed by atoms with Gasteiger partial charge in [-0.3, -0.25) is 29.4 Å². The molecule has 1 aromatic carbocycles. The maximum atomic E-state index is 13.0. The number of rotatable bonds is 5. The molecule has 142 valence electrons. The lowest BCUT2D eigenvalue weighted by Crippen LogP contribution is -2.54. The predicted octanol–water partition coefficient (Wildman–Crippen LogP) is -0.0853. The first-order valence-corrected chi connectivity index (χ1v) is 9.28. The summed E-state index contributed by atoms with van der Waals surface area (Å²) < 4.78 is 0. The summed E-state index contributed by atoms with van der Waals surface area (Å²) in [6, 6.07) is 4.56. The lowest BCUT2D eigenvalue weighted by Gasteiger charge is -2.36. The van der Waals surface area contributed by atoms with E-state index in [0.29, 0.717) is 36.2 Å². The highest BCUT2D eigenvalue weighted by Crippen LogP contribution is 2.31. The van der Waals surface area contributed by atoms with Crippen LogP contribution in [0.25, 0.3) is 0 Å². The van der Waals surface area contributed by atoms with E-state index in [9.17, 15) is 19.2 Å². The molecule has 1 saturated carbocycles. The van der Waals surface area contributed by atoms with E-state index >= 15 is 0 Å². The van der Waals surface area contributed by atoms with Crippen molar-refractivity contribution in [2.24, 2.45) is 11.7 Å². The fraction of sp³-hybridized carbons (Fsp3) is 0.474. The van der Waals surface area contributed by atoms with Gasteiger partial charge in [-0.15, -0.1) is 0 Å². The first kappa shape index (κ1) is 17.8. The average Bonchev–Trinajstić information content (AvgIpc) is 2.87. The summed E-state index contributed by atoms with van der Waals surface area (Å²) in [5, 5.41) is 5.63. The third-order valence-corrected chi connectivity index (χ3v) is 5.83. The molecule has 1 aliphatic carbocycles. The SMILES string of the molecule is NC[C@@H]1CC[C@H]1NCc1cccc2c1C(=O)N(C1CCC(=O)NC1=O)C2=O. The molecule has 3 aliphatic rings. The monoisotopic (exact) mass is 370 g/mol. The standard InChI is InChI=1S/C19H22N4O4/c20-8-10-4-5-13(10)21-9-11-2-1-3-12-16(11)19(27)23(18(12)26)14-6-7-15(24)22-17(14)25/h1-3,10,13-14,21H,4-9,20H2,(H,22,24,25)/t10-,13+,14?/m0/s1. The number of carbonyl (C=O) groups is 4. The summed E-state index contributed by atoms with van der Waals surface area (Å²) in [4.78, 5) is 50.3. The largest absolute Gasteiger partial charge is 0.330 e. The number of hydrogen-bond acceptors (Lipinski definition) is 6. The maximum Gasteiger partial charge on any atom is 0.262 e. The van der Waals surface area contributed by atoms with Crippen molar-refractivity contribution in [3.63, 3.8) is 0 Å². The van der Waals surface area contributed by atoms with Crippen LogP contribution in [0.15, 0.2) is 18.2 Å². The van der Waals surface area contributed by atoms with Gasteiger partial charge in [-0.1, -0.05) is 12.1 Å². The smallest absolute Gasteiger partial charge is 0.262 e. The number of nitrogens with two attached hydrogens (primary N) is 1. The maximum absolute atomic E-state index is 13.0. The Balaban J connectivity index is 1.56. The molecule has 4 N–H and O–H groups in total. The Kier molecular flexibility index (Phi) is 4.53. The zero-order valence-corrected chi connectivity index (χ0v) is 14.9. The molecular formula is C19H22N4O4. The van der Waals surface area contributed by atoms with Gasteiger partial charge >= 0.3 is 0 Å². The quantitative estimate of drug-likeness (QED) is 0.623. The van der Waals surface area contributed by atoms with Gasteiger partial charge in [0, 0.05) is 19.0 Å². The molecule has 0 aromatic heterocycles. The van der Waals surface area contributed by atoms with Gasteiger partial charge in [0.15, 0.2) is 0 Å². The topological polar surface area (TPSA) is 122 Å². The molecule has 4 rings (SSSR count). The fourth-order valence-corrected chi connectivity index (χ4v) is 4.09. The molecule has 2 heterocycles. The van der Waals surface area contributed by atoms with Gasteiger partial charge in [0.1, 0.15) is 6.04 Å². The van der Waals surface area contributed by atoms with Crippen LogP contribution >= 0.6 is 0 Å². The molecule has 1 aromatic rings. The third-order valence-electron chi connectivity index (χ3n) is 5.83. The Bertz CT molecular complexity index is 835. The van der Waals surface area contributed by atoms with Crippen LogP contribution in [0.1, 0.15) is 52.0 Å². The first-order valence-electron chi connectivity index (χ1n) is 9.28. The second kappa shape index (κ2) is 6.86. The minimum absolute atomic E-state index is 0.111. The van der Waals surface area contributed by atoms with E-state index in [2.05, 4.69) is 10.6 Å². The van der Waals surface area contributed by atoms with E-state index < -0.39 is 23.8 Å².